The van der Waals surface area contributed by atoms with Gasteiger partial charge >= 0.3 is 5.97 Å². The molecule has 0 radical (unpaired) electrons. The minimum Gasteiger partial charge on any atom is -0.480 e. The van der Waals surface area contributed by atoms with E-state index in [1.54, 1.807) is 0 Å². The number of hydrogen-bond donors (Lipinski definition) is 2. The second-order valence-corrected chi connectivity index (χ2v) is 7.38. The van der Waals surface area contributed by atoms with Gasteiger partial charge in [0.2, 0.25) is 17.6 Å². The van der Waals surface area contributed by atoms with E-state index in [0.29, 0.717) is 24.1 Å². The number of aromatic nitrogens is 2. The van der Waals surface area contributed by atoms with Crippen molar-refractivity contribution in [3.63, 3.8) is 0 Å². The van der Waals surface area contributed by atoms with E-state index in [-0.39, 0.29) is 24.7 Å². The summed E-state index contributed by atoms with van der Waals surface area (Å²) in [6, 6.07) is 7.07. The van der Waals surface area contributed by atoms with Crippen molar-refractivity contribution in [2.24, 2.45) is 5.92 Å². The third kappa shape index (κ3) is 6.20. The Bertz CT molecular complexity index is 766. The number of hydrogen-bond acceptors (Lipinski definition) is 5. The Labute approximate surface area is 159 Å². The molecule has 2 N–H and O–H groups in total. The molecule has 2 rings (SSSR count). The van der Waals surface area contributed by atoms with Crippen LogP contribution in [0.2, 0.25) is 0 Å². The molecule has 0 aliphatic heterocycles. The van der Waals surface area contributed by atoms with Crippen molar-refractivity contribution >= 4 is 11.9 Å². The van der Waals surface area contributed by atoms with Crippen LogP contribution in [0.5, 0.6) is 0 Å². The zero-order valence-corrected chi connectivity index (χ0v) is 16.2. The van der Waals surface area contributed by atoms with Crippen LogP contribution in [0.1, 0.15) is 57.9 Å². The number of nitrogens with one attached hydrogen (secondary N) is 1. The molecule has 0 spiro atoms. The summed E-state index contributed by atoms with van der Waals surface area (Å²) >= 11 is 0. The highest BCUT2D eigenvalue weighted by atomic mass is 16.5. The average Bonchev–Trinajstić information content (AvgIpc) is 3.08. The molecule has 1 unspecified atom stereocenters. The lowest BCUT2D eigenvalue weighted by Crippen LogP contribution is -2.41. The minimum atomic E-state index is -1.03. The monoisotopic (exact) mass is 373 g/mol. The van der Waals surface area contributed by atoms with Gasteiger partial charge in [-0.25, -0.2) is 4.79 Å². The van der Waals surface area contributed by atoms with Crippen molar-refractivity contribution < 1.29 is 19.2 Å². The molecule has 7 nitrogen and oxygen atoms in total. The van der Waals surface area contributed by atoms with Crippen molar-refractivity contribution in [2.45, 2.75) is 58.9 Å². The number of aryl methyl sites for hydroxylation is 1. The lowest BCUT2D eigenvalue weighted by atomic mass is 10.0. The molecule has 1 atom stereocenters. The molecule has 1 heterocycles. The van der Waals surface area contributed by atoms with Crippen LogP contribution >= 0.6 is 0 Å². The highest BCUT2D eigenvalue weighted by Gasteiger charge is 2.21. The second-order valence-electron chi connectivity index (χ2n) is 7.38. The summed E-state index contributed by atoms with van der Waals surface area (Å²) in [4.78, 5) is 27.6. The lowest BCUT2D eigenvalue weighted by Gasteiger charge is -2.16. The zero-order chi connectivity index (χ0) is 20.0. The number of nitrogens with zero attached hydrogens (tertiary/aromatic N) is 2. The fourth-order valence-electron chi connectivity index (χ4n) is 2.67. The van der Waals surface area contributed by atoms with Gasteiger partial charge in [-0.05, 0) is 23.8 Å². The maximum absolute atomic E-state index is 12.0. The van der Waals surface area contributed by atoms with Crippen LogP contribution in [0, 0.1) is 5.92 Å². The van der Waals surface area contributed by atoms with Gasteiger partial charge < -0.3 is 14.9 Å². The second kappa shape index (κ2) is 9.30. The van der Waals surface area contributed by atoms with Crippen LogP contribution in [0.3, 0.4) is 0 Å². The molecule has 0 bridgehead atoms. The average molecular weight is 373 g/mol. The SMILES string of the molecule is CC(C)CC(NC(=O)CCc1nc(-c2ccc(C(C)C)cc2)no1)C(=O)O. The van der Waals surface area contributed by atoms with Gasteiger partial charge in [-0.3, -0.25) is 4.79 Å². The van der Waals surface area contributed by atoms with Gasteiger partial charge in [0.25, 0.3) is 0 Å². The normalized spacial score (nSPS) is 12.4. The van der Waals surface area contributed by atoms with Crippen LogP contribution in [-0.2, 0) is 16.0 Å². The van der Waals surface area contributed by atoms with E-state index in [4.69, 9.17) is 4.52 Å². The number of aliphatic carboxylic acids is 1. The fourth-order valence-corrected chi connectivity index (χ4v) is 2.67. The first-order valence-electron chi connectivity index (χ1n) is 9.21. The molecule has 1 amide bonds. The first-order valence-corrected chi connectivity index (χ1v) is 9.21. The van der Waals surface area contributed by atoms with Crippen molar-refractivity contribution in [1.82, 2.24) is 15.5 Å². The molecule has 0 aliphatic rings. The van der Waals surface area contributed by atoms with Gasteiger partial charge in [-0.2, -0.15) is 4.98 Å². The Morgan fingerprint density at radius 3 is 2.37 bits per heavy atom. The van der Waals surface area contributed by atoms with E-state index < -0.39 is 12.0 Å². The summed E-state index contributed by atoms with van der Waals surface area (Å²) in [6.07, 6.45) is 0.741. The van der Waals surface area contributed by atoms with E-state index in [9.17, 15) is 14.7 Å². The van der Waals surface area contributed by atoms with Crippen LogP contribution in [0.25, 0.3) is 11.4 Å². The molecule has 1 aromatic heterocycles. The zero-order valence-electron chi connectivity index (χ0n) is 16.2. The number of carboxylic acid groups (broad SMARTS) is 1. The van der Waals surface area contributed by atoms with Gasteiger partial charge in [0, 0.05) is 18.4 Å². The number of amides is 1. The van der Waals surface area contributed by atoms with Crippen LogP contribution in [-0.4, -0.2) is 33.2 Å². The van der Waals surface area contributed by atoms with E-state index in [0.717, 1.165) is 5.56 Å². The standard InChI is InChI=1S/C20H27N3O4/c1-12(2)11-16(20(25)26)21-17(24)9-10-18-22-19(23-27-18)15-7-5-14(6-8-15)13(3)4/h5-8,12-13,16H,9-11H2,1-4H3,(H,21,24)(H,25,26). The number of carboxylic acids is 1. The van der Waals surface area contributed by atoms with Gasteiger partial charge in [-0.15, -0.1) is 0 Å². The van der Waals surface area contributed by atoms with Gasteiger partial charge in [0.1, 0.15) is 6.04 Å². The van der Waals surface area contributed by atoms with Crippen molar-refractivity contribution in [1.29, 1.82) is 0 Å². The van der Waals surface area contributed by atoms with Crippen molar-refractivity contribution in [3.8, 4) is 11.4 Å². The summed E-state index contributed by atoms with van der Waals surface area (Å²) in [5, 5.41) is 15.7. The van der Waals surface area contributed by atoms with Gasteiger partial charge in [0.15, 0.2) is 0 Å². The summed E-state index contributed by atoms with van der Waals surface area (Å²) in [6.45, 7) is 8.08. The van der Waals surface area contributed by atoms with E-state index in [1.165, 1.54) is 5.56 Å². The predicted molar refractivity (Wildman–Crippen MR) is 101 cm³/mol. The predicted octanol–water partition coefficient (Wildman–Crippen LogP) is 3.41. The molecule has 0 aliphatic carbocycles. The molecule has 146 valence electrons. The Hall–Kier alpha value is -2.70. The largest absolute Gasteiger partial charge is 0.480 e. The number of benzene rings is 1. The Morgan fingerprint density at radius 2 is 1.81 bits per heavy atom. The third-order valence-corrected chi connectivity index (χ3v) is 4.21. The molecular formula is C20H27N3O4. The molecule has 0 saturated carbocycles. The number of carbonyl (C=O) groups is 2. The molecule has 7 heteroatoms. The molecule has 0 saturated heterocycles. The smallest absolute Gasteiger partial charge is 0.326 e. The first kappa shape index (κ1) is 20.6. The maximum Gasteiger partial charge on any atom is 0.326 e. The molecule has 27 heavy (non-hydrogen) atoms. The summed E-state index contributed by atoms with van der Waals surface area (Å²) < 4.78 is 5.21. The third-order valence-electron chi connectivity index (χ3n) is 4.21. The minimum absolute atomic E-state index is 0.0931. The highest BCUT2D eigenvalue weighted by molar-refractivity contribution is 5.83. The molecular weight excluding hydrogens is 346 g/mol. The van der Waals surface area contributed by atoms with Crippen LogP contribution in [0.15, 0.2) is 28.8 Å². The first-order chi connectivity index (χ1) is 12.8. The summed E-state index contributed by atoms with van der Waals surface area (Å²) in [5.74, 6) is 0.0783. The summed E-state index contributed by atoms with van der Waals surface area (Å²) in [5.41, 5.74) is 2.08. The van der Waals surface area contributed by atoms with Gasteiger partial charge in [-0.1, -0.05) is 57.1 Å². The van der Waals surface area contributed by atoms with Gasteiger partial charge in [0.05, 0.1) is 0 Å². The molecule has 0 fully saturated rings. The van der Waals surface area contributed by atoms with E-state index in [1.807, 2.05) is 38.1 Å². The fraction of sp³-hybridized carbons (Fsp3) is 0.500. The van der Waals surface area contributed by atoms with Crippen LogP contribution < -0.4 is 5.32 Å². The summed E-state index contributed by atoms with van der Waals surface area (Å²) in [7, 11) is 0. The van der Waals surface area contributed by atoms with Crippen molar-refractivity contribution in [2.75, 3.05) is 0 Å². The van der Waals surface area contributed by atoms with E-state index >= 15 is 0 Å². The Kier molecular flexibility index (Phi) is 7.10. The quantitative estimate of drug-likeness (QED) is 0.698. The topological polar surface area (TPSA) is 105 Å². The van der Waals surface area contributed by atoms with Crippen molar-refractivity contribution in [3.05, 3.63) is 35.7 Å². The lowest BCUT2D eigenvalue weighted by molar-refractivity contribution is -0.142. The molecule has 2 aromatic rings. The highest BCUT2D eigenvalue weighted by Crippen LogP contribution is 2.20. The number of carbonyl (C=O) groups excluding carboxylic acids is 1. The Balaban J connectivity index is 1.91. The molecule has 1 aromatic carbocycles. The number of rotatable bonds is 9. The van der Waals surface area contributed by atoms with E-state index in [2.05, 4.69) is 29.3 Å². The Morgan fingerprint density at radius 1 is 1.15 bits per heavy atom. The maximum atomic E-state index is 12.0. The van der Waals surface area contributed by atoms with Crippen LogP contribution in [0.4, 0.5) is 0 Å².